The van der Waals surface area contributed by atoms with E-state index in [0.29, 0.717) is 13.0 Å². The summed E-state index contributed by atoms with van der Waals surface area (Å²) in [7, 11) is 0. The summed E-state index contributed by atoms with van der Waals surface area (Å²) < 4.78 is 6.65. The fourth-order valence-electron chi connectivity index (χ4n) is 4.58. The van der Waals surface area contributed by atoms with E-state index < -0.39 is 0 Å². The molecule has 2 heterocycles. The normalized spacial score (nSPS) is 14.7. The van der Waals surface area contributed by atoms with Gasteiger partial charge in [-0.25, -0.2) is 4.98 Å². The molecule has 0 saturated carbocycles. The van der Waals surface area contributed by atoms with Crippen molar-refractivity contribution in [2.24, 2.45) is 0 Å². The van der Waals surface area contributed by atoms with E-state index in [1.807, 2.05) is 23.1 Å². The highest BCUT2D eigenvalue weighted by molar-refractivity contribution is 7.22. The third-order valence-electron chi connectivity index (χ3n) is 6.31. The van der Waals surface area contributed by atoms with Crippen LogP contribution in [-0.2, 0) is 16.0 Å². The molecule has 0 unspecified atom stereocenters. The Bertz CT molecular complexity index is 1290. The summed E-state index contributed by atoms with van der Waals surface area (Å²) in [5, 5.41) is 3.09. The van der Waals surface area contributed by atoms with Crippen LogP contribution in [0.2, 0.25) is 0 Å². The minimum atomic E-state index is 0.0908. The molecule has 0 spiro atoms. The van der Waals surface area contributed by atoms with Crippen molar-refractivity contribution in [3.05, 3.63) is 71.3 Å². The van der Waals surface area contributed by atoms with Gasteiger partial charge in [0.15, 0.2) is 5.13 Å². The summed E-state index contributed by atoms with van der Waals surface area (Å²) in [5.74, 6) is 0.0908. The first kappa shape index (κ1) is 22.0. The van der Waals surface area contributed by atoms with Crippen LogP contribution in [0.1, 0.15) is 16.7 Å². The maximum absolute atomic E-state index is 13.7. The molecule has 1 aliphatic rings. The van der Waals surface area contributed by atoms with Crippen molar-refractivity contribution in [3.8, 4) is 0 Å². The van der Waals surface area contributed by atoms with Gasteiger partial charge in [0.05, 0.1) is 29.9 Å². The van der Waals surface area contributed by atoms with Crippen LogP contribution in [0.25, 0.3) is 21.0 Å². The van der Waals surface area contributed by atoms with Crippen LogP contribution in [0.4, 0.5) is 5.13 Å². The highest BCUT2D eigenvalue weighted by Crippen LogP contribution is 2.32. The van der Waals surface area contributed by atoms with E-state index in [1.54, 1.807) is 11.3 Å². The summed E-state index contributed by atoms with van der Waals surface area (Å²) in [4.78, 5) is 22.9. The van der Waals surface area contributed by atoms with Crippen LogP contribution < -0.4 is 4.90 Å². The second-order valence-corrected chi connectivity index (χ2v) is 9.72. The average molecular weight is 460 g/mol. The Morgan fingerprint density at radius 2 is 1.88 bits per heavy atom. The lowest BCUT2D eigenvalue weighted by molar-refractivity contribution is -0.118. The fourth-order valence-corrected chi connectivity index (χ4v) is 5.64. The number of benzene rings is 3. The van der Waals surface area contributed by atoms with Crippen LogP contribution in [0.3, 0.4) is 0 Å². The number of aromatic nitrogens is 1. The van der Waals surface area contributed by atoms with Crippen molar-refractivity contribution >= 4 is 43.4 Å². The molecule has 6 heteroatoms. The first-order chi connectivity index (χ1) is 16.1. The maximum Gasteiger partial charge on any atom is 0.233 e. The van der Waals surface area contributed by atoms with E-state index in [2.05, 4.69) is 55.1 Å². The van der Waals surface area contributed by atoms with Gasteiger partial charge in [0.2, 0.25) is 5.91 Å². The van der Waals surface area contributed by atoms with Crippen molar-refractivity contribution in [2.45, 2.75) is 20.3 Å². The van der Waals surface area contributed by atoms with Crippen LogP contribution in [-0.4, -0.2) is 55.2 Å². The third-order valence-corrected chi connectivity index (χ3v) is 7.54. The van der Waals surface area contributed by atoms with Crippen LogP contribution >= 0.6 is 11.3 Å². The minimum absolute atomic E-state index is 0.0908. The standard InChI is InChI=1S/C27H29N3O2S/c1-19-16-20(2)26-24(17-19)28-27(33-26)30(11-10-29-12-14-32-15-13-29)25(31)18-22-8-5-7-21-6-3-4-9-23(21)22/h3-9,16-17H,10-15,18H2,1-2H3. The Labute approximate surface area is 198 Å². The Balaban J connectivity index is 1.46. The number of aryl methyl sites for hydroxylation is 2. The lowest BCUT2D eigenvalue weighted by Gasteiger charge is -2.29. The number of rotatable bonds is 6. The maximum atomic E-state index is 13.7. The zero-order valence-corrected chi connectivity index (χ0v) is 20.0. The molecule has 0 atom stereocenters. The largest absolute Gasteiger partial charge is 0.379 e. The topological polar surface area (TPSA) is 45.7 Å². The average Bonchev–Trinajstić information content (AvgIpc) is 3.24. The van der Waals surface area contributed by atoms with Crippen LogP contribution in [0, 0.1) is 13.8 Å². The second-order valence-electron chi connectivity index (χ2n) is 8.74. The number of anilines is 1. The van der Waals surface area contributed by atoms with Crippen molar-refractivity contribution in [1.82, 2.24) is 9.88 Å². The van der Waals surface area contributed by atoms with Gasteiger partial charge in [-0.15, -0.1) is 0 Å². The van der Waals surface area contributed by atoms with Gasteiger partial charge >= 0.3 is 0 Å². The lowest BCUT2D eigenvalue weighted by Crippen LogP contribution is -2.43. The molecule has 5 rings (SSSR count). The van der Waals surface area contributed by atoms with Gasteiger partial charge in [0, 0.05) is 26.2 Å². The van der Waals surface area contributed by atoms with Crippen LogP contribution in [0.15, 0.2) is 54.6 Å². The number of thiazole rings is 1. The number of carbonyl (C=O) groups excluding carboxylic acids is 1. The molecule has 5 nitrogen and oxygen atoms in total. The molecule has 170 valence electrons. The van der Waals surface area contributed by atoms with Crippen molar-refractivity contribution in [3.63, 3.8) is 0 Å². The summed E-state index contributed by atoms with van der Waals surface area (Å²) in [6.45, 7) is 8.97. The van der Waals surface area contributed by atoms with Crippen molar-refractivity contribution in [1.29, 1.82) is 0 Å². The van der Waals surface area contributed by atoms with Crippen molar-refractivity contribution < 1.29 is 9.53 Å². The SMILES string of the molecule is Cc1cc(C)c2sc(N(CCN3CCOCC3)C(=O)Cc3cccc4ccccc34)nc2c1. The van der Waals surface area contributed by atoms with Crippen molar-refractivity contribution in [2.75, 3.05) is 44.3 Å². The Kier molecular flexibility index (Phi) is 6.40. The van der Waals surface area contributed by atoms with Crippen LogP contribution in [0.5, 0.6) is 0 Å². The van der Waals surface area contributed by atoms with Gasteiger partial charge in [-0.3, -0.25) is 14.6 Å². The lowest BCUT2D eigenvalue weighted by atomic mass is 10.0. The minimum Gasteiger partial charge on any atom is -0.379 e. The van der Waals surface area contributed by atoms with E-state index in [-0.39, 0.29) is 5.91 Å². The van der Waals surface area contributed by atoms with E-state index in [0.717, 1.165) is 64.5 Å². The molecule has 3 aromatic carbocycles. The molecule has 0 radical (unpaired) electrons. The number of ether oxygens (including phenoxy) is 1. The number of amides is 1. The second kappa shape index (κ2) is 9.59. The summed E-state index contributed by atoms with van der Waals surface area (Å²) >= 11 is 1.62. The zero-order valence-electron chi connectivity index (χ0n) is 19.2. The molecule has 1 aliphatic heterocycles. The molecule has 4 aromatic rings. The van der Waals surface area contributed by atoms with E-state index >= 15 is 0 Å². The molecule has 0 aliphatic carbocycles. The molecule has 0 N–H and O–H groups in total. The monoisotopic (exact) mass is 459 g/mol. The predicted molar refractivity (Wildman–Crippen MR) is 136 cm³/mol. The Morgan fingerprint density at radius 1 is 1.09 bits per heavy atom. The molecule has 1 aromatic heterocycles. The number of hydrogen-bond acceptors (Lipinski definition) is 5. The van der Waals surface area contributed by atoms with E-state index in [4.69, 9.17) is 9.72 Å². The molecular formula is C27H29N3O2S. The number of nitrogens with zero attached hydrogens (tertiary/aromatic N) is 3. The van der Waals surface area contributed by atoms with E-state index in [9.17, 15) is 4.79 Å². The van der Waals surface area contributed by atoms with Gasteiger partial charge in [-0.05, 0) is 47.4 Å². The molecular weight excluding hydrogens is 430 g/mol. The molecule has 1 fully saturated rings. The summed E-state index contributed by atoms with van der Waals surface area (Å²) in [5.41, 5.74) is 4.44. The number of carbonyl (C=O) groups is 1. The highest BCUT2D eigenvalue weighted by Gasteiger charge is 2.23. The predicted octanol–water partition coefficient (Wildman–Crippen LogP) is 4.97. The fraction of sp³-hybridized carbons (Fsp3) is 0.333. The summed E-state index contributed by atoms with van der Waals surface area (Å²) in [6, 6.07) is 18.7. The van der Waals surface area contributed by atoms with Gasteiger partial charge in [-0.1, -0.05) is 59.9 Å². The Hall–Kier alpha value is -2.80. The molecule has 1 amide bonds. The van der Waals surface area contributed by atoms with Gasteiger partial charge in [0.25, 0.3) is 0 Å². The molecule has 33 heavy (non-hydrogen) atoms. The summed E-state index contributed by atoms with van der Waals surface area (Å²) in [6.07, 6.45) is 0.360. The first-order valence-electron chi connectivity index (χ1n) is 11.5. The number of fused-ring (bicyclic) bond motifs is 2. The third kappa shape index (κ3) is 4.78. The molecule has 1 saturated heterocycles. The first-order valence-corrected chi connectivity index (χ1v) is 12.3. The smallest absolute Gasteiger partial charge is 0.233 e. The van der Waals surface area contributed by atoms with Gasteiger partial charge in [-0.2, -0.15) is 0 Å². The zero-order chi connectivity index (χ0) is 22.8. The van der Waals surface area contributed by atoms with Gasteiger partial charge in [0.1, 0.15) is 0 Å². The number of morpholine rings is 1. The quantitative estimate of drug-likeness (QED) is 0.408. The van der Waals surface area contributed by atoms with Gasteiger partial charge < -0.3 is 4.74 Å². The molecule has 0 bridgehead atoms. The number of hydrogen-bond donors (Lipinski definition) is 0. The highest BCUT2D eigenvalue weighted by atomic mass is 32.1. The van der Waals surface area contributed by atoms with E-state index in [1.165, 1.54) is 11.1 Å². The Morgan fingerprint density at radius 3 is 2.73 bits per heavy atom.